The fraction of sp³-hybridized carbons (Fsp3) is 0.375. The number of hydrogen-bond acceptors (Lipinski definition) is 6. The molecule has 0 radical (unpaired) electrons. The highest BCUT2D eigenvalue weighted by Gasteiger charge is 2.19. The van der Waals surface area contributed by atoms with E-state index in [1.54, 1.807) is 0 Å². The first-order valence-electron chi connectivity index (χ1n) is 10.9. The summed E-state index contributed by atoms with van der Waals surface area (Å²) in [6, 6.07) is 8.59. The fourth-order valence-electron chi connectivity index (χ4n) is 4.54. The zero-order chi connectivity index (χ0) is 21.5. The smallest absolute Gasteiger partial charge is 0.345 e. The van der Waals surface area contributed by atoms with E-state index in [0.717, 1.165) is 60.6 Å². The minimum absolute atomic E-state index is 0.374. The van der Waals surface area contributed by atoms with Crippen molar-refractivity contribution in [3.05, 3.63) is 58.5 Å². The van der Waals surface area contributed by atoms with Gasteiger partial charge in [-0.15, -0.1) is 0 Å². The van der Waals surface area contributed by atoms with Crippen LogP contribution < -0.4 is 15.8 Å². The predicted octanol–water partition coefficient (Wildman–Crippen LogP) is 3.70. The van der Waals surface area contributed by atoms with Crippen LogP contribution in [0.2, 0.25) is 0 Å². The summed E-state index contributed by atoms with van der Waals surface area (Å²) in [7, 11) is 0. The lowest BCUT2D eigenvalue weighted by molar-refractivity contribution is 0.424. The first-order valence-corrected chi connectivity index (χ1v) is 10.9. The predicted molar refractivity (Wildman–Crippen MR) is 123 cm³/mol. The van der Waals surface area contributed by atoms with Crippen molar-refractivity contribution in [3.8, 4) is 11.3 Å². The van der Waals surface area contributed by atoms with Crippen LogP contribution >= 0.6 is 0 Å². The number of nitrogens with one attached hydrogen (secondary N) is 1. The lowest BCUT2D eigenvalue weighted by Gasteiger charge is -2.34. The molecule has 7 heteroatoms. The minimum Gasteiger partial charge on any atom is -0.422 e. The maximum absolute atomic E-state index is 12.8. The number of fused-ring (bicyclic) bond motifs is 2. The van der Waals surface area contributed by atoms with Crippen molar-refractivity contribution in [3.63, 3.8) is 0 Å². The quantitative estimate of drug-likeness (QED) is 0.511. The van der Waals surface area contributed by atoms with Gasteiger partial charge in [-0.05, 0) is 51.4 Å². The van der Waals surface area contributed by atoms with Gasteiger partial charge in [-0.3, -0.25) is 4.98 Å². The second kappa shape index (κ2) is 7.81. The van der Waals surface area contributed by atoms with Crippen LogP contribution in [0.15, 0.2) is 45.9 Å². The van der Waals surface area contributed by atoms with E-state index in [1.165, 1.54) is 0 Å². The second-order valence-electron chi connectivity index (χ2n) is 8.31. The van der Waals surface area contributed by atoms with Crippen LogP contribution in [0, 0.1) is 13.8 Å². The van der Waals surface area contributed by atoms with E-state index >= 15 is 0 Å². The summed E-state index contributed by atoms with van der Waals surface area (Å²) < 4.78 is 7.64. The molecule has 5 rings (SSSR count). The Balaban J connectivity index is 1.47. The molecule has 0 atom stereocenters. The summed E-state index contributed by atoms with van der Waals surface area (Å²) in [4.78, 5) is 24.3. The Morgan fingerprint density at radius 2 is 1.94 bits per heavy atom. The molecule has 0 saturated carbocycles. The Bertz CT molecular complexity index is 1320. The molecule has 1 saturated heterocycles. The molecule has 0 bridgehead atoms. The van der Waals surface area contributed by atoms with E-state index in [4.69, 9.17) is 4.42 Å². The first-order chi connectivity index (χ1) is 15.0. The zero-order valence-corrected chi connectivity index (χ0v) is 18.2. The molecule has 1 fully saturated rings. The molecule has 1 N–H and O–H groups in total. The number of benzene rings is 1. The topological polar surface area (TPSA) is 75.7 Å². The Morgan fingerprint density at radius 3 is 2.71 bits per heavy atom. The second-order valence-corrected chi connectivity index (χ2v) is 8.31. The van der Waals surface area contributed by atoms with E-state index in [-0.39, 0.29) is 5.63 Å². The molecule has 1 aliphatic heterocycles. The largest absolute Gasteiger partial charge is 0.422 e. The molecular weight excluding hydrogens is 390 g/mol. The molecule has 0 unspecified atom stereocenters. The number of rotatable bonds is 4. The third-order valence-electron chi connectivity index (χ3n) is 6.07. The van der Waals surface area contributed by atoms with E-state index in [1.807, 2.05) is 48.8 Å². The number of aromatic nitrogens is 3. The van der Waals surface area contributed by atoms with Crippen molar-refractivity contribution in [2.24, 2.45) is 0 Å². The van der Waals surface area contributed by atoms with Gasteiger partial charge in [0.2, 0.25) is 0 Å². The summed E-state index contributed by atoms with van der Waals surface area (Å²) in [5.74, 6) is 0. The molecule has 7 nitrogen and oxygen atoms in total. The average Bonchev–Trinajstić information content (AvgIpc) is 3.18. The molecule has 160 valence electrons. The summed E-state index contributed by atoms with van der Waals surface area (Å²) in [6.45, 7) is 9.02. The first kappa shape index (κ1) is 19.8. The molecule has 1 aromatic carbocycles. The highest BCUT2D eigenvalue weighted by Crippen LogP contribution is 2.27. The lowest BCUT2D eigenvalue weighted by atomic mass is 10.0. The third kappa shape index (κ3) is 3.70. The van der Waals surface area contributed by atoms with Crippen LogP contribution in [0.3, 0.4) is 0 Å². The van der Waals surface area contributed by atoms with Gasteiger partial charge in [0.05, 0.1) is 22.6 Å². The van der Waals surface area contributed by atoms with Crippen molar-refractivity contribution in [1.82, 2.24) is 19.7 Å². The zero-order valence-electron chi connectivity index (χ0n) is 18.2. The molecule has 4 heterocycles. The molecule has 31 heavy (non-hydrogen) atoms. The molecule has 3 aromatic heterocycles. The highest BCUT2D eigenvalue weighted by atomic mass is 16.4. The molecule has 0 amide bonds. The Labute approximate surface area is 180 Å². The standard InChI is InChI=1S/C24H27N5O2/c1-4-25-18-7-9-28(10-8-18)19-6-5-17-11-20(24(30)31-22(17)12-19)21-14-29-13-15(2)26-16(3)23(29)27-21/h5-6,11-14,18,25H,4,7-10H2,1-3H3. The van der Waals surface area contributed by atoms with Gasteiger partial charge >= 0.3 is 5.63 Å². The monoisotopic (exact) mass is 417 g/mol. The number of hydrogen-bond donors (Lipinski definition) is 1. The Kier molecular flexibility index (Phi) is 4.98. The van der Waals surface area contributed by atoms with Crippen molar-refractivity contribution >= 4 is 22.3 Å². The van der Waals surface area contributed by atoms with Crippen LogP contribution in [0.4, 0.5) is 5.69 Å². The van der Waals surface area contributed by atoms with E-state index < -0.39 is 0 Å². The molecule has 4 aromatic rings. The maximum Gasteiger partial charge on any atom is 0.345 e. The number of nitrogens with zero attached hydrogens (tertiary/aromatic N) is 4. The summed E-state index contributed by atoms with van der Waals surface area (Å²) in [5.41, 5.74) is 4.88. The van der Waals surface area contributed by atoms with Crippen LogP contribution in [-0.4, -0.2) is 40.0 Å². The lowest BCUT2D eigenvalue weighted by Crippen LogP contribution is -2.42. The molecular formula is C24H27N5O2. The van der Waals surface area contributed by atoms with E-state index in [9.17, 15) is 4.79 Å². The van der Waals surface area contributed by atoms with Crippen molar-refractivity contribution in [2.45, 2.75) is 39.7 Å². The molecule has 0 aliphatic carbocycles. The van der Waals surface area contributed by atoms with Crippen LogP contribution in [-0.2, 0) is 0 Å². The van der Waals surface area contributed by atoms with Crippen LogP contribution in [0.5, 0.6) is 0 Å². The van der Waals surface area contributed by atoms with E-state index in [2.05, 4.69) is 33.2 Å². The minimum atomic E-state index is -0.374. The third-order valence-corrected chi connectivity index (χ3v) is 6.07. The number of aryl methyl sites for hydroxylation is 2. The highest BCUT2D eigenvalue weighted by molar-refractivity contribution is 5.84. The van der Waals surface area contributed by atoms with Crippen molar-refractivity contribution < 1.29 is 4.42 Å². The van der Waals surface area contributed by atoms with Crippen molar-refractivity contribution in [1.29, 1.82) is 0 Å². The van der Waals surface area contributed by atoms with Gasteiger partial charge < -0.3 is 19.0 Å². The number of imidazole rings is 1. The Hall–Kier alpha value is -3.19. The van der Waals surface area contributed by atoms with Gasteiger partial charge in [-0.2, -0.15) is 0 Å². The summed E-state index contributed by atoms with van der Waals surface area (Å²) in [6.07, 6.45) is 6.01. The normalized spacial score (nSPS) is 15.3. The average molecular weight is 418 g/mol. The molecule has 0 spiro atoms. The Morgan fingerprint density at radius 1 is 1.13 bits per heavy atom. The van der Waals surface area contributed by atoms with Gasteiger partial charge in [0.15, 0.2) is 5.65 Å². The van der Waals surface area contributed by atoms with Gasteiger partial charge in [0, 0.05) is 48.7 Å². The number of piperidine rings is 1. The van der Waals surface area contributed by atoms with E-state index in [0.29, 0.717) is 22.9 Å². The fourth-order valence-corrected chi connectivity index (χ4v) is 4.54. The summed E-state index contributed by atoms with van der Waals surface area (Å²) >= 11 is 0. The SMILES string of the molecule is CCNC1CCN(c2ccc3cc(-c4cn5cc(C)nc(C)c5n4)c(=O)oc3c2)CC1. The van der Waals surface area contributed by atoms with Gasteiger partial charge in [0.1, 0.15) is 5.58 Å². The number of anilines is 1. The van der Waals surface area contributed by atoms with Crippen LogP contribution in [0.25, 0.3) is 27.9 Å². The maximum atomic E-state index is 12.8. The van der Waals surface area contributed by atoms with Crippen LogP contribution in [0.1, 0.15) is 31.2 Å². The van der Waals surface area contributed by atoms with Gasteiger partial charge in [-0.25, -0.2) is 9.78 Å². The van der Waals surface area contributed by atoms with Gasteiger partial charge in [0.25, 0.3) is 0 Å². The summed E-state index contributed by atoms with van der Waals surface area (Å²) in [5, 5.41) is 4.43. The van der Waals surface area contributed by atoms with Gasteiger partial charge in [-0.1, -0.05) is 6.92 Å². The molecule has 1 aliphatic rings. The van der Waals surface area contributed by atoms with Crippen molar-refractivity contribution in [2.75, 3.05) is 24.5 Å².